The fourth-order valence-electron chi connectivity index (χ4n) is 2.30. The number of rotatable bonds is 1. The maximum atomic E-state index is 11.4. The number of anilines is 1. The molecular formula is C11H14ClNO2S. The first-order valence-electron chi connectivity index (χ1n) is 5.10. The van der Waals surface area contributed by atoms with Crippen LogP contribution in [0.2, 0.25) is 0 Å². The van der Waals surface area contributed by atoms with Crippen LogP contribution in [-0.2, 0) is 15.3 Å². The van der Waals surface area contributed by atoms with E-state index in [1.807, 2.05) is 12.1 Å². The molecule has 0 bridgehead atoms. The molecule has 1 N–H and O–H groups in total. The van der Waals surface area contributed by atoms with Gasteiger partial charge in [-0.25, -0.2) is 8.42 Å². The molecule has 16 heavy (non-hydrogen) atoms. The Morgan fingerprint density at radius 2 is 2.00 bits per heavy atom. The Hall–Kier alpha value is -0.740. The summed E-state index contributed by atoms with van der Waals surface area (Å²) in [6, 6.07) is 5.42. The van der Waals surface area contributed by atoms with Crippen LogP contribution >= 0.6 is 12.4 Å². The van der Waals surface area contributed by atoms with Crippen molar-refractivity contribution in [2.24, 2.45) is 0 Å². The molecule has 0 amide bonds. The van der Waals surface area contributed by atoms with Crippen molar-refractivity contribution in [2.45, 2.75) is 23.2 Å². The molecule has 3 rings (SSSR count). The third-order valence-corrected chi connectivity index (χ3v) is 4.57. The highest BCUT2D eigenvalue weighted by atomic mass is 35.5. The fourth-order valence-corrected chi connectivity index (χ4v) is 2.95. The van der Waals surface area contributed by atoms with Gasteiger partial charge in [0.05, 0.1) is 4.90 Å². The Bertz CT molecular complexity index is 535. The minimum Gasteiger partial charge on any atom is -0.384 e. The first kappa shape index (κ1) is 11.7. The molecule has 5 heteroatoms. The normalized spacial score (nSPS) is 19.8. The molecule has 1 heterocycles. The van der Waals surface area contributed by atoms with Gasteiger partial charge in [0.2, 0.25) is 0 Å². The van der Waals surface area contributed by atoms with Gasteiger partial charge in [0.1, 0.15) is 0 Å². The Balaban J connectivity index is 0.000000963. The minimum absolute atomic E-state index is 0. The summed E-state index contributed by atoms with van der Waals surface area (Å²) in [6.07, 6.45) is 3.62. The number of benzene rings is 1. The second kappa shape index (κ2) is 3.37. The van der Waals surface area contributed by atoms with Gasteiger partial charge in [-0.1, -0.05) is 0 Å². The van der Waals surface area contributed by atoms with Gasteiger partial charge in [0, 0.05) is 23.9 Å². The van der Waals surface area contributed by atoms with Crippen LogP contribution in [0, 0.1) is 0 Å². The van der Waals surface area contributed by atoms with Gasteiger partial charge in [-0.3, -0.25) is 0 Å². The molecule has 0 atom stereocenters. The molecule has 1 fully saturated rings. The Morgan fingerprint density at radius 1 is 1.31 bits per heavy atom. The van der Waals surface area contributed by atoms with E-state index in [0.717, 1.165) is 12.2 Å². The van der Waals surface area contributed by atoms with E-state index < -0.39 is 9.84 Å². The molecule has 3 nitrogen and oxygen atoms in total. The highest BCUT2D eigenvalue weighted by molar-refractivity contribution is 7.90. The first-order valence-corrected chi connectivity index (χ1v) is 6.99. The quantitative estimate of drug-likeness (QED) is 0.839. The van der Waals surface area contributed by atoms with E-state index in [2.05, 4.69) is 5.32 Å². The monoisotopic (exact) mass is 259 g/mol. The van der Waals surface area contributed by atoms with E-state index in [0.29, 0.717) is 4.90 Å². The van der Waals surface area contributed by atoms with Gasteiger partial charge in [-0.2, -0.15) is 0 Å². The van der Waals surface area contributed by atoms with E-state index in [1.165, 1.54) is 24.7 Å². The number of nitrogens with one attached hydrogen (secondary N) is 1. The van der Waals surface area contributed by atoms with Gasteiger partial charge in [-0.05, 0) is 36.6 Å². The molecule has 1 saturated carbocycles. The van der Waals surface area contributed by atoms with Crippen LogP contribution < -0.4 is 5.32 Å². The predicted octanol–water partition coefficient (Wildman–Crippen LogP) is 1.97. The lowest BCUT2D eigenvalue weighted by Gasteiger charge is -2.07. The second-order valence-corrected chi connectivity index (χ2v) is 6.63. The molecule has 88 valence electrons. The van der Waals surface area contributed by atoms with Crippen molar-refractivity contribution in [2.75, 3.05) is 18.1 Å². The summed E-state index contributed by atoms with van der Waals surface area (Å²) < 4.78 is 22.9. The maximum Gasteiger partial charge on any atom is 0.175 e. The third-order valence-electron chi connectivity index (χ3n) is 3.46. The van der Waals surface area contributed by atoms with Crippen LogP contribution in [0.1, 0.15) is 18.4 Å². The predicted molar refractivity (Wildman–Crippen MR) is 66.2 cm³/mol. The highest BCUT2D eigenvalue weighted by Crippen LogP contribution is 2.54. The summed E-state index contributed by atoms with van der Waals surface area (Å²) in [7, 11) is -3.07. The topological polar surface area (TPSA) is 46.2 Å². The third kappa shape index (κ3) is 1.60. The largest absolute Gasteiger partial charge is 0.384 e. The van der Waals surface area contributed by atoms with Gasteiger partial charge in [0.15, 0.2) is 9.84 Å². The molecule has 1 aromatic rings. The lowest BCUT2D eigenvalue weighted by molar-refractivity contribution is 0.601. The summed E-state index contributed by atoms with van der Waals surface area (Å²) in [4.78, 5) is 0.441. The Labute approximate surface area is 102 Å². The lowest BCUT2D eigenvalue weighted by atomic mass is 9.99. The van der Waals surface area contributed by atoms with E-state index in [4.69, 9.17) is 0 Å². The first-order chi connectivity index (χ1) is 7.01. The fraction of sp³-hybridized carbons (Fsp3) is 0.455. The molecule has 0 unspecified atom stereocenters. The molecule has 1 aliphatic heterocycles. The maximum absolute atomic E-state index is 11.4. The summed E-state index contributed by atoms with van der Waals surface area (Å²) >= 11 is 0. The minimum atomic E-state index is -3.07. The van der Waals surface area contributed by atoms with Crippen LogP contribution in [0.25, 0.3) is 0 Å². The van der Waals surface area contributed by atoms with Crippen LogP contribution in [0.3, 0.4) is 0 Å². The second-order valence-electron chi connectivity index (χ2n) is 4.61. The molecule has 0 aromatic heterocycles. The van der Waals surface area contributed by atoms with Gasteiger partial charge in [0.25, 0.3) is 0 Å². The summed E-state index contributed by atoms with van der Waals surface area (Å²) in [5.41, 5.74) is 2.57. The molecule has 1 spiro atoms. The van der Waals surface area contributed by atoms with Gasteiger partial charge in [-0.15, -0.1) is 12.4 Å². The van der Waals surface area contributed by atoms with E-state index in [1.54, 1.807) is 6.07 Å². The SMILES string of the molecule is CS(=O)(=O)c1ccc2c(c1)C1(CC1)CN2.Cl. The number of halogens is 1. The summed E-state index contributed by atoms with van der Waals surface area (Å²) in [5.74, 6) is 0. The molecule has 1 aliphatic carbocycles. The van der Waals surface area contributed by atoms with Crippen LogP contribution in [-0.4, -0.2) is 21.2 Å². The standard InChI is InChI=1S/C11H13NO2S.ClH/c1-15(13,14)8-2-3-10-9(6-8)11(4-5-11)7-12-10;/h2-3,6,12H,4-5,7H2,1H3;1H. The lowest BCUT2D eigenvalue weighted by Crippen LogP contribution is -2.08. The number of fused-ring (bicyclic) bond motifs is 2. The van der Waals surface area contributed by atoms with Crippen LogP contribution in [0.4, 0.5) is 5.69 Å². The zero-order valence-corrected chi connectivity index (χ0v) is 10.6. The zero-order valence-electron chi connectivity index (χ0n) is 8.99. The van der Waals surface area contributed by atoms with E-state index >= 15 is 0 Å². The Morgan fingerprint density at radius 3 is 2.56 bits per heavy atom. The van der Waals surface area contributed by atoms with Crippen LogP contribution in [0.15, 0.2) is 23.1 Å². The van der Waals surface area contributed by atoms with Crippen molar-refractivity contribution in [3.8, 4) is 0 Å². The number of sulfone groups is 1. The van der Waals surface area contributed by atoms with Crippen molar-refractivity contribution in [1.29, 1.82) is 0 Å². The van der Waals surface area contributed by atoms with Crippen molar-refractivity contribution in [3.63, 3.8) is 0 Å². The Kier molecular flexibility index (Phi) is 2.48. The molecular weight excluding hydrogens is 246 g/mol. The van der Waals surface area contributed by atoms with Crippen molar-refractivity contribution in [3.05, 3.63) is 23.8 Å². The van der Waals surface area contributed by atoms with Gasteiger partial charge < -0.3 is 5.32 Å². The van der Waals surface area contributed by atoms with Crippen molar-refractivity contribution in [1.82, 2.24) is 0 Å². The zero-order chi connectivity index (χ0) is 10.7. The average molecular weight is 260 g/mol. The molecule has 0 saturated heterocycles. The van der Waals surface area contributed by atoms with Crippen LogP contribution in [0.5, 0.6) is 0 Å². The highest BCUT2D eigenvalue weighted by Gasteiger charge is 2.49. The summed E-state index contributed by atoms with van der Waals surface area (Å²) in [6.45, 7) is 0.968. The smallest absolute Gasteiger partial charge is 0.175 e. The van der Waals surface area contributed by atoms with E-state index in [-0.39, 0.29) is 17.8 Å². The average Bonchev–Trinajstić information content (AvgIpc) is 2.84. The molecule has 1 aromatic carbocycles. The number of hydrogen-bond donors (Lipinski definition) is 1. The van der Waals surface area contributed by atoms with Crippen molar-refractivity contribution < 1.29 is 8.42 Å². The van der Waals surface area contributed by atoms with Gasteiger partial charge >= 0.3 is 0 Å². The molecule has 2 aliphatic rings. The van der Waals surface area contributed by atoms with E-state index in [9.17, 15) is 8.42 Å². The summed E-state index contributed by atoms with van der Waals surface area (Å²) in [5, 5.41) is 3.34. The number of hydrogen-bond acceptors (Lipinski definition) is 3. The van der Waals surface area contributed by atoms with Crippen molar-refractivity contribution >= 4 is 27.9 Å². The molecule has 0 radical (unpaired) electrons.